The van der Waals surface area contributed by atoms with E-state index in [9.17, 15) is 0 Å². The number of anilines is 5. The Hall–Kier alpha value is -7.30. The van der Waals surface area contributed by atoms with E-state index in [0.717, 1.165) is 39.4 Å². The first-order valence-electron chi connectivity index (χ1n) is 26.9. The summed E-state index contributed by atoms with van der Waals surface area (Å²) in [5.74, 6) is 2.85. The predicted molar refractivity (Wildman–Crippen MR) is 305 cm³/mol. The monoisotopic (exact) mass is 940 g/mol. The number of nitrogens with zero attached hydrogens (tertiary/aromatic N) is 2. The molecule has 0 spiro atoms. The summed E-state index contributed by atoms with van der Waals surface area (Å²) in [6, 6.07) is 56.9. The van der Waals surface area contributed by atoms with Gasteiger partial charge in [-0.05, 0) is 136 Å². The Bertz CT molecular complexity index is 3700. The molecule has 1 aromatic heterocycles. The maximum Gasteiger partial charge on any atom is 0.159 e. The highest BCUT2D eigenvalue weighted by Crippen LogP contribution is 2.52. The smallest absolute Gasteiger partial charge is 0.159 e. The maximum atomic E-state index is 7.23. The fourth-order valence-corrected chi connectivity index (χ4v) is 13.1. The molecule has 4 nitrogen and oxygen atoms in total. The molecule has 0 saturated heterocycles. The second-order valence-electron chi connectivity index (χ2n) is 21.5. The van der Waals surface area contributed by atoms with Gasteiger partial charge in [0.25, 0.3) is 0 Å². The molecule has 13 rings (SSSR count). The van der Waals surface area contributed by atoms with Crippen molar-refractivity contribution in [2.24, 2.45) is 0 Å². The van der Waals surface area contributed by atoms with E-state index in [1.54, 1.807) is 0 Å². The Balaban J connectivity index is 0.993. The number of benzene rings is 9. The van der Waals surface area contributed by atoms with Crippen molar-refractivity contribution in [3.05, 3.63) is 198 Å². The molecular weight excluding hydrogens is 877 g/mol. The highest BCUT2D eigenvalue weighted by molar-refractivity contribution is 6.29. The van der Waals surface area contributed by atoms with E-state index < -0.39 is 0 Å². The average molecular weight is 941 g/mol. The lowest BCUT2D eigenvalue weighted by Gasteiger charge is -2.31. The van der Waals surface area contributed by atoms with Crippen molar-refractivity contribution < 1.29 is 9.15 Å². The van der Waals surface area contributed by atoms with Crippen LogP contribution in [0.5, 0.6) is 5.75 Å². The van der Waals surface area contributed by atoms with Crippen LogP contribution in [0, 0.1) is 0 Å². The summed E-state index contributed by atoms with van der Waals surface area (Å²) >= 11 is 0. The Morgan fingerprint density at radius 1 is 0.514 bits per heavy atom. The lowest BCUT2D eigenvalue weighted by molar-refractivity contribution is 0.381. The number of furan rings is 1. The molecule has 0 amide bonds. The molecule has 3 aliphatic rings. The Morgan fingerprint density at radius 3 is 1.74 bits per heavy atom. The zero-order chi connectivity index (χ0) is 48.5. The number of hydrogen-bond donors (Lipinski definition) is 0. The van der Waals surface area contributed by atoms with Gasteiger partial charge in [0, 0.05) is 56.3 Å². The highest BCUT2D eigenvalue weighted by atomic mass is 16.5. The number of hydrogen-bond acceptors (Lipinski definition) is 4. The summed E-state index contributed by atoms with van der Waals surface area (Å²) in [5, 5.41) is 10.2. The largest absolute Gasteiger partial charge is 0.488 e. The highest BCUT2D eigenvalue weighted by Gasteiger charge is 2.30. The summed E-state index contributed by atoms with van der Waals surface area (Å²) in [6.45, 7) is 10.7. The molecule has 2 saturated carbocycles. The third-order valence-corrected chi connectivity index (χ3v) is 16.6. The molecule has 4 heteroatoms. The first-order chi connectivity index (χ1) is 35.4. The van der Waals surface area contributed by atoms with E-state index >= 15 is 0 Å². The number of allylic oxidation sites excluding steroid dienone is 2. The van der Waals surface area contributed by atoms with Crippen LogP contribution in [0.25, 0.3) is 59.8 Å². The molecule has 0 radical (unpaired) electrons. The molecule has 72 heavy (non-hydrogen) atoms. The van der Waals surface area contributed by atoms with Crippen molar-refractivity contribution in [2.75, 3.05) is 23.0 Å². The van der Waals surface area contributed by atoms with Gasteiger partial charge in [0.05, 0.1) is 11.4 Å². The number of rotatable bonds is 12. The maximum absolute atomic E-state index is 7.23. The van der Waals surface area contributed by atoms with Gasteiger partial charge in [-0.2, -0.15) is 0 Å². The van der Waals surface area contributed by atoms with Gasteiger partial charge < -0.3 is 19.0 Å². The predicted octanol–water partition coefficient (Wildman–Crippen LogP) is 19.7. The van der Waals surface area contributed by atoms with Crippen LogP contribution in [0.2, 0.25) is 0 Å². The fraction of sp³-hybridized carbons (Fsp3) is 0.265. The second kappa shape index (κ2) is 18.4. The minimum absolute atomic E-state index is 0.276. The summed E-state index contributed by atoms with van der Waals surface area (Å²) < 4.78 is 13.7. The molecule has 1 aliphatic heterocycles. The van der Waals surface area contributed by atoms with E-state index in [-0.39, 0.29) is 5.92 Å². The van der Waals surface area contributed by atoms with Crippen molar-refractivity contribution in [2.45, 2.75) is 103 Å². The van der Waals surface area contributed by atoms with Crippen LogP contribution >= 0.6 is 0 Å². The van der Waals surface area contributed by atoms with Gasteiger partial charge in [-0.15, -0.1) is 0 Å². The van der Waals surface area contributed by atoms with Gasteiger partial charge in [-0.1, -0.05) is 181 Å². The van der Waals surface area contributed by atoms with Crippen LogP contribution in [0.15, 0.2) is 174 Å². The summed E-state index contributed by atoms with van der Waals surface area (Å²) in [5.41, 5.74) is 15.7. The van der Waals surface area contributed by atoms with Crippen LogP contribution < -0.4 is 14.5 Å². The quantitative estimate of drug-likeness (QED) is 0.114. The van der Waals surface area contributed by atoms with Gasteiger partial charge in [0.1, 0.15) is 17.9 Å². The molecule has 0 unspecified atom stereocenters. The minimum atomic E-state index is 0.276. The van der Waals surface area contributed by atoms with Crippen molar-refractivity contribution in [3.8, 4) is 5.75 Å². The molecule has 0 N–H and O–H groups in total. The SMILES string of the molecule is CC(C)c1cc(N(C/C=C\C=C2/COc3c2cccc3C2CCCC2)c2ccccc2)c2ccc3c(C(C)C)cc(N(c4ccccc4)c4cccc5c4oc4c(C6CCCC6)cccc45)c4ccc1c2c34. The second-order valence-corrected chi connectivity index (χ2v) is 21.5. The fourth-order valence-electron chi connectivity index (χ4n) is 13.1. The minimum Gasteiger partial charge on any atom is -0.488 e. The van der Waals surface area contributed by atoms with Crippen LogP contribution in [0.1, 0.15) is 131 Å². The molecule has 9 aromatic carbocycles. The van der Waals surface area contributed by atoms with E-state index in [0.29, 0.717) is 30.9 Å². The third kappa shape index (κ3) is 7.47. The van der Waals surface area contributed by atoms with Crippen molar-refractivity contribution in [1.82, 2.24) is 0 Å². The lowest BCUT2D eigenvalue weighted by atomic mass is 9.84. The Labute approximate surface area is 424 Å². The van der Waals surface area contributed by atoms with Crippen LogP contribution in [0.3, 0.4) is 0 Å². The molecule has 358 valence electrons. The first kappa shape index (κ1) is 44.6. The van der Waals surface area contributed by atoms with E-state index in [4.69, 9.17) is 9.15 Å². The van der Waals surface area contributed by atoms with Gasteiger partial charge in [0.2, 0.25) is 0 Å². The Morgan fingerprint density at radius 2 is 1.07 bits per heavy atom. The molecule has 0 bridgehead atoms. The molecular formula is C68H64N2O2. The summed E-state index contributed by atoms with van der Waals surface area (Å²) in [7, 11) is 0. The number of ether oxygens (including phenoxy) is 1. The average Bonchev–Trinajstić information content (AvgIpc) is 4.27. The molecule has 2 heterocycles. The number of fused-ring (bicyclic) bond motifs is 4. The number of para-hydroxylation sites is 5. The van der Waals surface area contributed by atoms with Crippen LogP contribution in [-0.4, -0.2) is 13.2 Å². The summed E-state index contributed by atoms with van der Waals surface area (Å²) in [6.07, 6.45) is 17.1. The molecule has 10 aromatic rings. The third-order valence-electron chi connectivity index (χ3n) is 16.6. The van der Waals surface area contributed by atoms with E-state index in [2.05, 4.69) is 207 Å². The van der Waals surface area contributed by atoms with Crippen molar-refractivity contribution >= 4 is 88.3 Å². The van der Waals surface area contributed by atoms with Gasteiger partial charge in [-0.3, -0.25) is 0 Å². The lowest BCUT2D eigenvalue weighted by Crippen LogP contribution is -2.18. The Kier molecular flexibility index (Phi) is 11.4. The first-order valence-corrected chi connectivity index (χ1v) is 26.9. The zero-order valence-corrected chi connectivity index (χ0v) is 42.3. The van der Waals surface area contributed by atoms with Gasteiger partial charge in [0.15, 0.2) is 5.58 Å². The van der Waals surface area contributed by atoms with Crippen molar-refractivity contribution in [3.63, 3.8) is 0 Å². The van der Waals surface area contributed by atoms with Gasteiger partial charge >= 0.3 is 0 Å². The normalized spacial score (nSPS) is 16.1. The topological polar surface area (TPSA) is 28.9 Å². The molecule has 0 atom stereocenters. The zero-order valence-electron chi connectivity index (χ0n) is 42.3. The van der Waals surface area contributed by atoms with Gasteiger partial charge in [-0.25, -0.2) is 0 Å². The molecule has 2 aliphatic carbocycles. The summed E-state index contributed by atoms with van der Waals surface area (Å²) in [4.78, 5) is 5.01. The van der Waals surface area contributed by atoms with Crippen LogP contribution in [0.4, 0.5) is 28.4 Å². The van der Waals surface area contributed by atoms with E-state index in [1.165, 1.54) is 134 Å². The van der Waals surface area contributed by atoms with Crippen LogP contribution in [-0.2, 0) is 0 Å². The van der Waals surface area contributed by atoms with E-state index in [1.807, 2.05) is 0 Å². The standard InChI is InChI=1S/C68H64N2O2/c1-43(2)59-40-62(69(48-25-7-5-8-26-48)39-16-15-24-47-42-71-66-50(29-17-31-52(47)66)45-20-11-12-21-45)57-37-35-54-60(44(3)4)41-63(58-38-36-53(59)64(57)65(54)58)70(49-27-9-6-10-28-49)61-34-19-33-56-55-32-18-30-51(46-22-13-14-23-46)67(55)72-68(56)61/h5-10,15-19,24-38,40-41,43-46H,11-14,20-23,39,42H2,1-4H3/b16-15-,47-24+. The molecule has 2 fully saturated rings. The van der Waals surface area contributed by atoms with Crippen molar-refractivity contribution in [1.29, 1.82) is 0 Å².